The minimum atomic E-state index is -4.40. The van der Waals surface area contributed by atoms with Gasteiger partial charge in [0.25, 0.3) is 0 Å². The molecule has 1 saturated heterocycles. The monoisotopic (exact) mass is 414 g/mol. The van der Waals surface area contributed by atoms with Crippen molar-refractivity contribution >= 4 is 9.84 Å². The molecule has 2 heterocycles. The molecule has 0 aliphatic carbocycles. The zero-order valence-electron chi connectivity index (χ0n) is 15.4. The van der Waals surface area contributed by atoms with Crippen molar-refractivity contribution in [2.75, 3.05) is 18.1 Å². The van der Waals surface area contributed by atoms with Gasteiger partial charge >= 0.3 is 6.18 Å². The molecule has 0 bridgehead atoms. The highest BCUT2D eigenvalue weighted by molar-refractivity contribution is 7.91. The molecule has 28 heavy (non-hydrogen) atoms. The Morgan fingerprint density at radius 2 is 2.00 bits per heavy atom. The lowest BCUT2D eigenvalue weighted by atomic mass is 10.1. The van der Waals surface area contributed by atoms with E-state index in [1.54, 1.807) is 13.0 Å². The first kappa shape index (κ1) is 20.6. The Balaban J connectivity index is 1.80. The third-order valence-electron chi connectivity index (χ3n) is 4.79. The van der Waals surface area contributed by atoms with Gasteiger partial charge in [0.15, 0.2) is 9.84 Å². The second kappa shape index (κ2) is 7.71. The van der Waals surface area contributed by atoms with Gasteiger partial charge in [0.05, 0.1) is 22.8 Å². The van der Waals surface area contributed by atoms with E-state index in [0.29, 0.717) is 36.5 Å². The topological polar surface area (TPSA) is 63.4 Å². The molecule has 152 valence electrons. The summed E-state index contributed by atoms with van der Waals surface area (Å²) in [6.07, 6.45) is -2.14. The van der Waals surface area contributed by atoms with E-state index in [0.717, 1.165) is 12.1 Å². The Labute approximate surface area is 161 Å². The zero-order valence-corrected chi connectivity index (χ0v) is 16.2. The molecular weight excluding hydrogens is 393 g/mol. The van der Waals surface area contributed by atoms with E-state index in [1.807, 2.05) is 4.90 Å². The van der Waals surface area contributed by atoms with Crippen molar-refractivity contribution in [3.63, 3.8) is 0 Å². The molecule has 5 nitrogen and oxygen atoms in total. The maximum Gasteiger partial charge on any atom is 0.416 e. The van der Waals surface area contributed by atoms with Crippen molar-refractivity contribution in [1.29, 1.82) is 0 Å². The summed E-state index contributed by atoms with van der Waals surface area (Å²) >= 11 is 0. The number of aromatic nitrogens is 1. The number of nitrogens with zero attached hydrogens (tertiary/aromatic N) is 2. The van der Waals surface area contributed by atoms with Gasteiger partial charge in [-0.25, -0.2) is 13.4 Å². The van der Waals surface area contributed by atoms with Crippen LogP contribution in [0.4, 0.5) is 13.2 Å². The minimum Gasteiger partial charge on any atom is -0.441 e. The van der Waals surface area contributed by atoms with Crippen LogP contribution in [0.2, 0.25) is 0 Å². The Bertz CT molecular complexity index is 950. The summed E-state index contributed by atoms with van der Waals surface area (Å²) in [6, 6.07) is 4.50. The van der Waals surface area contributed by atoms with Gasteiger partial charge < -0.3 is 4.42 Å². The van der Waals surface area contributed by atoms with Crippen LogP contribution in [0.3, 0.4) is 0 Å². The Morgan fingerprint density at radius 3 is 2.54 bits per heavy atom. The van der Waals surface area contributed by atoms with Crippen LogP contribution in [0.15, 0.2) is 41.3 Å². The van der Waals surface area contributed by atoms with Gasteiger partial charge in [-0.1, -0.05) is 6.08 Å². The van der Waals surface area contributed by atoms with E-state index in [9.17, 15) is 21.6 Å². The highest BCUT2D eigenvalue weighted by Gasteiger charge is 2.33. The van der Waals surface area contributed by atoms with Gasteiger partial charge in [-0.05, 0) is 37.6 Å². The van der Waals surface area contributed by atoms with E-state index < -0.39 is 21.6 Å². The summed E-state index contributed by atoms with van der Waals surface area (Å²) in [5, 5.41) is 0. The number of benzene rings is 1. The molecule has 1 aromatic heterocycles. The summed E-state index contributed by atoms with van der Waals surface area (Å²) in [4.78, 5) is 6.41. The van der Waals surface area contributed by atoms with Crippen LogP contribution >= 0.6 is 0 Å². The molecule has 0 saturated carbocycles. The molecule has 0 unspecified atom stereocenters. The standard InChI is InChI=1S/C19H21F3N2O3S/c1-3-9-24(16-8-10-28(25,26)12-16)11-17-13(2)27-18(23-17)14-4-6-15(7-5-14)19(20,21)22/h3-7,16H,1,8-12H2,2H3/t16-/m0/s1. The number of hydrogen-bond donors (Lipinski definition) is 0. The first-order valence-electron chi connectivity index (χ1n) is 8.78. The van der Waals surface area contributed by atoms with E-state index in [1.165, 1.54) is 12.1 Å². The lowest BCUT2D eigenvalue weighted by molar-refractivity contribution is -0.137. The van der Waals surface area contributed by atoms with Crippen molar-refractivity contribution in [3.8, 4) is 11.5 Å². The number of alkyl halides is 3. The highest BCUT2D eigenvalue weighted by atomic mass is 32.2. The average Bonchev–Trinajstić information content (AvgIpc) is 3.16. The van der Waals surface area contributed by atoms with Gasteiger partial charge in [0.2, 0.25) is 5.89 Å². The van der Waals surface area contributed by atoms with Crippen LogP contribution < -0.4 is 0 Å². The van der Waals surface area contributed by atoms with Crippen LogP contribution in [0, 0.1) is 6.92 Å². The van der Waals surface area contributed by atoms with Gasteiger partial charge in [-0.3, -0.25) is 4.90 Å². The summed E-state index contributed by atoms with van der Waals surface area (Å²) in [5.74, 6) is 1.05. The third kappa shape index (κ3) is 4.64. The molecule has 0 amide bonds. The molecule has 1 fully saturated rings. The molecule has 1 atom stereocenters. The van der Waals surface area contributed by atoms with Crippen molar-refractivity contribution in [3.05, 3.63) is 53.9 Å². The van der Waals surface area contributed by atoms with Gasteiger partial charge in [0.1, 0.15) is 5.76 Å². The zero-order chi connectivity index (χ0) is 20.5. The first-order valence-corrected chi connectivity index (χ1v) is 10.6. The fraction of sp³-hybridized carbons (Fsp3) is 0.421. The van der Waals surface area contributed by atoms with E-state index >= 15 is 0 Å². The molecular formula is C19H21F3N2O3S. The van der Waals surface area contributed by atoms with Gasteiger partial charge in [0, 0.05) is 24.7 Å². The normalized spacial score (nSPS) is 19.2. The predicted octanol–water partition coefficient (Wildman–Crippen LogP) is 3.84. The quantitative estimate of drug-likeness (QED) is 0.672. The van der Waals surface area contributed by atoms with Crippen molar-refractivity contribution in [1.82, 2.24) is 9.88 Å². The van der Waals surface area contributed by atoms with Crippen LogP contribution in [0.5, 0.6) is 0 Å². The van der Waals surface area contributed by atoms with Crippen LogP contribution in [-0.4, -0.2) is 42.4 Å². The molecule has 0 spiro atoms. The molecule has 1 aliphatic heterocycles. The van der Waals surface area contributed by atoms with Crippen molar-refractivity contribution in [2.45, 2.75) is 32.1 Å². The molecule has 9 heteroatoms. The fourth-order valence-electron chi connectivity index (χ4n) is 3.26. The molecule has 0 radical (unpaired) electrons. The predicted molar refractivity (Wildman–Crippen MR) is 99.3 cm³/mol. The largest absolute Gasteiger partial charge is 0.441 e. The Hall–Kier alpha value is -2.13. The van der Waals surface area contributed by atoms with E-state index in [4.69, 9.17) is 4.42 Å². The summed E-state index contributed by atoms with van der Waals surface area (Å²) < 4.78 is 67.4. The van der Waals surface area contributed by atoms with Crippen molar-refractivity contribution in [2.24, 2.45) is 0 Å². The smallest absolute Gasteiger partial charge is 0.416 e. The SMILES string of the molecule is C=CCN(Cc1nc(-c2ccc(C(F)(F)F)cc2)oc1C)[C@H]1CCS(=O)(=O)C1. The number of rotatable bonds is 6. The molecule has 1 aromatic carbocycles. The maximum atomic E-state index is 12.7. The number of aryl methyl sites for hydroxylation is 1. The van der Waals surface area contributed by atoms with Crippen LogP contribution in [0.25, 0.3) is 11.5 Å². The van der Waals surface area contributed by atoms with Gasteiger partial charge in [-0.15, -0.1) is 6.58 Å². The van der Waals surface area contributed by atoms with Crippen molar-refractivity contribution < 1.29 is 26.0 Å². The number of halogens is 3. The highest BCUT2D eigenvalue weighted by Crippen LogP contribution is 2.31. The maximum absolute atomic E-state index is 12.7. The molecule has 3 rings (SSSR count). The van der Waals surface area contributed by atoms with E-state index in [-0.39, 0.29) is 23.4 Å². The summed E-state index contributed by atoms with van der Waals surface area (Å²) in [5.41, 5.74) is 0.335. The summed E-state index contributed by atoms with van der Waals surface area (Å²) in [6.45, 7) is 6.34. The molecule has 0 N–H and O–H groups in total. The van der Waals surface area contributed by atoms with Crippen LogP contribution in [-0.2, 0) is 22.6 Å². The third-order valence-corrected chi connectivity index (χ3v) is 6.54. The second-order valence-corrected chi connectivity index (χ2v) is 9.10. The lowest BCUT2D eigenvalue weighted by Crippen LogP contribution is -2.36. The lowest BCUT2D eigenvalue weighted by Gasteiger charge is -2.25. The average molecular weight is 414 g/mol. The molecule has 2 aromatic rings. The number of oxazole rings is 1. The number of hydrogen-bond acceptors (Lipinski definition) is 5. The summed E-state index contributed by atoms with van der Waals surface area (Å²) in [7, 11) is -3.03. The minimum absolute atomic E-state index is 0.101. The van der Waals surface area contributed by atoms with Gasteiger partial charge in [-0.2, -0.15) is 13.2 Å². The second-order valence-electron chi connectivity index (χ2n) is 6.87. The Kier molecular flexibility index (Phi) is 5.67. The molecule has 1 aliphatic rings. The van der Waals surface area contributed by atoms with Crippen LogP contribution in [0.1, 0.15) is 23.4 Å². The van der Waals surface area contributed by atoms with E-state index in [2.05, 4.69) is 11.6 Å². The first-order chi connectivity index (χ1) is 13.1. The number of sulfone groups is 1. The Morgan fingerprint density at radius 1 is 1.32 bits per heavy atom. The fourth-order valence-corrected chi connectivity index (χ4v) is 5.03.